The molecule has 0 bridgehead atoms. The summed E-state index contributed by atoms with van der Waals surface area (Å²) in [5, 5.41) is 20.3. The molecule has 2 amide bonds. The fourth-order valence-electron chi connectivity index (χ4n) is 3.11. The van der Waals surface area contributed by atoms with Crippen LogP contribution in [0.4, 0.5) is 0 Å². The SMILES string of the molecule is CCC1(C(NC(=O)c2ccc(C#CCCO)cc2)C(=O)NO)CS(=O)(=O)C1. The number of aliphatic hydroxyl groups is 1. The molecule has 8 nitrogen and oxygen atoms in total. The molecule has 1 aliphatic rings. The maximum Gasteiger partial charge on any atom is 0.266 e. The van der Waals surface area contributed by atoms with Crippen LogP contribution in [0.2, 0.25) is 0 Å². The van der Waals surface area contributed by atoms with Gasteiger partial charge in [-0.25, -0.2) is 13.9 Å². The number of hydroxylamine groups is 1. The van der Waals surface area contributed by atoms with Crippen molar-refractivity contribution < 1.29 is 28.3 Å². The van der Waals surface area contributed by atoms with Gasteiger partial charge in [-0.1, -0.05) is 18.8 Å². The Balaban J connectivity index is 2.17. The summed E-state index contributed by atoms with van der Waals surface area (Å²) in [4.78, 5) is 24.6. The van der Waals surface area contributed by atoms with E-state index in [1.807, 2.05) is 0 Å². The molecule has 1 saturated heterocycles. The first kappa shape index (κ1) is 20.9. The van der Waals surface area contributed by atoms with E-state index in [-0.39, 0.29) is 23.7 Å². The molecule has 1 unspecified atom stereocenters. The Morgan fingerprint density at radius 2 is 1.89 bits per heavy atom. The van der Waals surface area contributed by atoms with Gasteiger partial charge < -0.3 is 10.4 Å². The van der Waals surface area contributed by atoms with Crippen LogP contribution >= 0.6 is 0 Å². The average Bonchev–Trinajstić information content (AvgIpc) is 2.63. The van der Waals surface area contributed by atoms with Crippen LogP contribution < -0.4 is 10.8 Å². The van der Waals surface area contributed by atoms with E-state index in [1.54, 1.807) is 19.1 Å². The van der Waals surface area contributed by atoms with Crippen LogP contribution in [-0.2, 0) is 14.6 Å². The van der Waals surface area contributed by atoms with E-state index in [4.69, 9.17) is 10.3 Å². The highest BCUT2D eigenvalue weighted by Gasteiger charge is 2.55. The molecule has 2 rings (SSSR count). The second-order valence-electron chi connectivity index (χ2n) is 6.48. The van der Waals surface area contributed by atoms with Crippen LogP contribution in [-0.4, -0.2) is 54.7 Å². The summed E-state index contributed by atoms with van der Waals surface area (Å²) in [5.41, 5.74) is 1.50. The number of sulfone groups is 1. The molecule has 0 spiro atoms. The zero-order chi connectivity index (χ0) is 20.1. The van der Waals surface area contributed by atoms with E-state index in [0.29, 0.717) is 18.4 Å². The number of nitrogens with one attached hydrogen (secondary N) is 2. The summed E-state index contributed by atoms with van der Waals surface area (Å²) >= 11 is 0. The van der Waals surface area contributed by atoms with Crippen LogP contribution in [0.25, 0.3) is 0 Å². The molecule has 1 aliphatic heterocycles. The summed E-state index contributed by atoms with van der Waals surface area (Å²) in [7, 11) is -3.25. The maximum atomic E-state index is 12.5. The lowest BCUT2D eigenvalue weighted by Gasteiger charge is -2.45. The lowest BCUT2D eigenvalue weighted by molar-refractivity contribution is -0.134. The first-order chi connectivity index (χ1) is 12.8. The van der Waals surface area contributed by atoms with Crippen molar-refractivity contribution in [2.75, 3.05) is 18.1 Å². The number of hydrogen-bond acceptors (Lipinski definition) is 6. The number of hydrogen-bond donors (Lipinski definition) is 4. The molecule has 4 N–H and O–H groups in total. The standard InChI is InChI=1S/C18H22N2O6S/c1-2-18(11-27(25,26)12-18)15(17(23)20-24)19-16(22)14-8-6-13(7-9-14)5-3-4-10-21/h6-9,15,21,24H,2,4,10-12H2,1H3,(H,19,22)(H,20,23). The predicted octanol–water partition coefficient (Wildman–Crippen LogP) is -0.151. The monoisotopic (exact) mass is 394 g/mol. The quantitative estimate of drug-likeness (QED) is 0.301. The Hall–Kier alpha value is -2.41. The fourth-order valence-corrected chi connectivity index (χ4v) is 5.52. The molecule has 1 heterocycles. The molecule has 9 heteroatoms. The number of aliphatic hydroxyl groups excluding tert-OH is 1. The summed E-state index contributed by atoms with van der Waals surface area (Å²) in [5.74, 6) is 3.73. The van der Waals surface area contributed by atoms with E-state index in [2.05, 4.69) is 17.2 Å². The molecular formula is C18H22N2O6S. The van der Waals surface area contributed by atoms with Crippen LogP contribution in [0.1, 0.15) is 35.7 Å². The highest BCUT2D eigenvalue weighted by atomic mass is 32.2. The zero-order valence-electron chi connectivity index (χ0n) is 14.9. The maximum absolute atomic E-state index is 12.5. The van der Waals surface area contributed by atoms with Crippen molar-refractivity contribution in [1.29, 1.82) is 0 Å². The number of benzene rings is 1. The Bertz CT molecular complexity index is 855. The largest absolute Gasteiger partial charge is 0.395 e. The van der Waals surface area contributed by atoms with Gasteiger partial charge in [-0.2, -0.15) is 0 Å². The zero-order valence-corrected chi connectivity index (χ0v) is 15.7. The molecule has 1 atom stereocenters. The molecule has 0 aliphatic carbocycles. The van der Waals surface area contributed by atoms with E-state index in [9.17, 15) is 18.0 Å². The normalized spacial score (nSPS) is 17.6. The van der Waals surface area contributed by atoms with Crippen LogP contribution in [0.5, 0.6) is 0 Å². The number of carbonyl (C=O) groups is 2. The highest BCUT2D eigenvalue weighted by Crippen LogP contribution is 2.39. The molecule has 146 valence electrons. The van der Waals surface area contributed by atoms with Gasteiger partial charge in [0.25, 0.3) is 11.8 Å². The first-order valence-electron chi connectivity index (χ1n) is 8.42. The number of amides is 2. The minimum absolute atomic E-state index is 0.0311. The van der Waals surface area contributed by atoms with E-state index in [0.717, 1.165) is 0 Å². The summed E-state index contributed by atoms with van der Waals surface area (Å²) in [6.45, 7) is 1.70. The second-order valence-corrected chi connectivity index (χ2v) is 8.55. The van der Waals surface area contributed by atoms with Crippen molar-refractivity contribution in [3.05, 3.63) is 35.4 Å². The van der Waals surface area contributed by atoms with Gasteiger partial charge >= 0.3 is 0 Å². The van der Waals surface area contributed by atoms with Gasteiger partial charge in [-0.3, -0.25) is 14.8 Å². The van der Waals surface area contributed by atoms with Crippen molar-refractivity contribution in [3.63, 3.8) is 0 Å². The van der Waals surface area contributed by atoms with Crippen molar-refractivity contribution >= 4 is 21.7 Å². The number of carbonyl (C=O) groups excluding carboxylic acids is 2. The van der Waals surface area contributed by atoms with Crippen molar-refractivity contribution in [2.24, 2.45) is 5.41 Å². The molecule has 1 aromatic carbocycles. The third-order valence-corrected chi connectivity index (χ3v) is 6.63. The summed E-state index contributed by atoms with van der Waals surface area (Å²) in [6.07, 6.45) is 0.701. The Morgan fingerprint density at radius 1 is 1.26 bits per heavy atom. The minimum Gasteiger partial charge on any atom is -0.395 e. The predicted molar refractivity (Wildman–Crippen MR) is 97.6 cm³/mol. The third kappa shape index (κ3) is 4.86. The van der Waals surface area contributed by atoms with Crippen molar-refractivity contribution in [3.8, 4) is 11.8 Å². The van der Waals surface area contributed by atoms with Gasteiger partial charge in [0.2, 0.25) is 0 Å². The Labute approximate surface area is 157 Å². The van der Waals surface area contributed by atoms with Gasteiger partial charge in [-0.15, -0.1) is 0 Å². The summed E-state index contributed by atoms with van der Waals surface area (Å²) in [6, 6.07) is 5.14. The molecule has 27 heavy (non-hydrogen) atoms. The highest BCUT2D eigenvalue weighted by molar-refractivity contribution is 7.92. The summed E-state index contributed by atoms with van der Waals surface area (Å²) < 4.78 is 23.3. The van der Waals surface area contributed by atoms with Crippen LogP contribution in [0.15, 0.2) is 24.3 Å². The van der Waals surface area contributed by atoms with Crippen LogP contribution in [0.3, 0.4) is 0 Å². The van der Waals surface area contributed by atoms with E-state index < -0.39 is 33.1 Å². The molecule has 1 fully saturated rings. The Morgan fingerprint density at radius 3 is 2.37 bits per heavy atom. The van der Waals surface area contributed by atoms with Gasteiger partial charge in [-0.05, 0) is 30.7 Å². The Kier molecular flexibility index (Phi) is 6.59. The minimum atomic E-state index is -3.25. The molecular weight excluding hydrogens is 372 g/mol. The van der Waals surface area contributed by atoms with Crippen molar-refractivity contribution in [2.45, 2.75) is 25.8 Å². The molecule has 0 saturated carbocycles. The fraction of sp³-hybridized carbons (Fsp3) is 0.444. The molecule has 1 aromatic rings. The average molecular weight is 394 g/mol. The van der Waals surface area contributed by atoms with Crippen molar-refractivity contribution in [1.82, 2.24) is 10.8 Å². The van der Waals surface area contributed by atoms with Gasteiger partial charge in [0.1, 0.15) is 6.04 Å². The van der Waals surface area contributed by atoms with Crippen LogP contribution in [0, 0.1) is 17.3 Å². The van der Waals surface area contributed by atoms with E-state index >= 15 is 0 Å². The van der Waals surface area contributed by atoms with Gasteiger partial charge in [0.15, 0.2) is 9.84 Å². The lowest BCUT2D eigenvalue weighted by Crippen LogP contribution is -2.65. The second kappa shape index (κ2) is 8.52. The topological polar surface area (TPSA) is 133 Å². The number of rotatable bonds is 6. The van der Waals surface area contributed by atoms with Gasteiger partial charge in [0, 0.05) is 23.0 Å². The molecule has 0 radical (unpaired) electrons. The first-order valence-corrected chi connectivity index (χ1v) is 10.2. The third-order valence-electron chi connectivity index (χ3n) is 4.60. The van der Waals surface area contributed by atoms with Gasteiger partial charge in [0.05, 0.1) is 18.1 Å². The lowest BCUT2D eigenvalue weighted by atomic mass is 9.79. The molecule has 0 aromatic heterocycles. The smallest absolute Gasteiger partial charge is 0.266 e. The van der Waals surface area contributed by atoms with E-state index in [1.165, 1.54) is 17.6 Å².